The van der Waals surface area contributed by atoms with Crippen LogP contribution in [-0.4, -0.2) is 29.4 Å². The lowest BCUT2D eigenvalue weighted by Gasteiger charge is -2.29. The lowest BCUT2D eigenvalue weighted by atomic mass is 9.97. The molecule has 0 saturated carbocycles. The van der Waals surface area contributed by atoms with Gasteiger partial charge in [0.2, 0.25) is 5.91 Å². The topological polar surface area (TPSA) is 46.3 Å². The predicted molar refractivity (Wildman–Crippen MR) is 82.3 cm³/mol. The van der Waals surface area contributed by atoms with Gasteiger partial charge in [-0.05, 0) is 30.7 Å². The second kappa shape index (κ2) is 6.89. The van der Waals surface area contributed by atoms with Gasteiger partial charge in [0.15, 0.2) is 0 Å². The van der Waals surface area contributed by atoms with E-state index in [1.807, 2.05) is 11.0 Å². The lowest BCUT2D eigenvalue weighted by Crippen LogP contribution is -2.49. The summed E-state index contributed by atoms with van der Waals surface area (Å²) in [6.07, 6.45) is 4.08. The highest BCUT2D eigenvalue weighted by Gasteiger charge is 2.33. The Morgan fingerprint density at radius 3 is 2.75 bits per heavy atom. The van der Waals surface area contributed by atoms with E-state index in [0.29, 0.717) is 6.04 Å². The summed E-state index contributed by atoms with van der Waals surface area (Å²) in [5.41, 5.74) is 7.42. The highest BCUT2D eigenvalue weighted by atomic mass is 16.2. The van der Waals surface area contributed by atoms with E-state index in [-0.39, 0.29) is 17.9 Å². The van der Waals surface area contributed by atoms with E-state index >= 15 is 0 Å². The summed E-state index contributed by atoms with van der Waals surface area (Å²) in [7, 11) is 0. The van der Waals surface area contributed by atoms with Crippen LogP contribution in [0.5, 0.6) is 0 Å². The Kier molecular flexibility index (Phi) is 5.18. The quantitative estimate of drug-likeness (QED) is 0.897. The molecule has 0 aromatic heterocycles. The zero-order chi connectivity index (χ0) is 14.5. The van der Waals surface area contributed by atoms with Gasteiger partial charge in [-0.15, -0.1) is 0 Å². The molecule has 20 heavy (non-hydrogen) atoms. The van der Waals surface area contributed by atoms with Gasteiger partial charge in [-0.3, -0.25) is 4.79 Å². The fourth-order valence-corrected chi connectivity index (χ4v) is 2.91. The first-order valence-corrected chi connectivity index (χ1v) is 7.73. The van der Waals surface area contributed by atoms with E-state index < -0.39 is 0 Å². The van der Waals surface area contributed by atoms with Crippen molar-refractivity contribution in [3.63, 3.8) is 0 Å². The second-order valence-electron chi connectivity index (χ2n) is 5.93. The molecule has 3 heteroatoms. The average Bonchev–Trinajstić information content (AvgIpc) is 2.94. The van der Waals surface area contributed by atoms with Crippen molar-refractivity contribution in [2.24, 2.45) is 11.7 Å². The second-order valence-corrected chi connectivity index (χ2v) is 5.93. The fraction of sp³-hybridized carbons (Fsp3) is 0.588. The van der Waals surface area contributed by atoms with Gasteiger partial charge in [0.25, 0.3) is 0 Å². The average molecular weight is 274 g/mol. The Labute approximate surface area is 122 Å². The van der Waals surface area contributed by atoms with Crippen molar-refractivity contribution in [2.75, 3.05) is 6.54 Å². The van der Waals surface area contributed by atoms with Gasteiger partial charge in [-0.1, -0.05) is 50.6 Å². The number of hydrogen-bond acceptors (Lipinski definition) is 2. The zero-order valence-corrected chi connectivity index (χ0v) is 12.6. The summed E-state index contributed by atoms with van der Waals surface area (Å²) in [6, 6.07) is 10.4. The van der Waals surface area contributed by atoms with Crippen LogP contribution in [-0.2, 0) is 11.2 Å². The van der Waals surface area contributed by atoms with E-state index in [2.05, 4.69) is 38.1 Å². The maximum Gasteiger partial charge on any atom is 0.240 e. The molecule has 3 atom stereocenters. The maximum atomic E-state index is 12.5. The third-order valence-corrected chi connectivity index (χ3v) is 4.52. The summed E-state index contributed by atoms with van der Waals surface area (Å²) in [5.74, 6) is 0.387. The molecule has 1 heterocycles. The Hall–Kier alpha value is -1.35. The van der Waals surface area contributed by atoms with Crippen LogP contribution in [0.15, 0.2) is 30.3 Å². The summed E-state index contributed by atoms with van der Waals surface area (Å²) >= 11 is 0. The SMILES string of the molecule is CCC(C)[C@H](N)C(=O)N1CCCC1Cc1ccccc1. The van der Waals surface area contributed by atoms with Gasteiger partial charge >= 0.3 is 0 Å². The highest BCUT2D eigenvalue weighted by molar-refractivity contribution is 5.82. The monoisotopic (exact) mass is 274 g/mol. The normalized spacial score (nSPS) is 21.8. The van der Waals surface area contributed by atoms with Crippen LogP contribution >= 0.6 is 0 Å². The Bertz CT molecular complexity index is 432. The number of carbonyl (C=O) groups excluding carboxylic acids is 1. The number of rotatable bonds is 5. The molecule has 1 aromatic rings. The molecule has 1 aliphatic rings. The number of nitrogens with zero attached hydrogens (tertiary/aromatic N) is 1. The van der Waals surface area contributed by atoms with E-state index in [9.17, 15) is 4.79 Å². The van der Waals surface area contributed by atoms with Crippen LogP contribution in [0.4, 0.5) is 0 Å². The fourth-order valence-electron chi connectivity index (χ4n) is 2.91. The third kappa shape index (κ3) is 3.40. The molecule has 0 aliphatic carbocycles. The van der Waals surface area contributed by atoms with Gasteiger partial charge in [0.05, 0.1) is 6.04 Å². The minimum absolute atomic E-state index is 0.137. The van der Waals surface area contributed by atoms with E-state index in [1.165, 1.54) is 5.56 Å². The molecular weight excluding hydrogens is 248 g/mol. The molecule has 0 radical (unpaired) electrons. The van der Waals surface area contributed by atoms with Crippen molar-refractivity contribution in [1.29, 1.82) is 0 Å². The Morgan fingerprint density at radius 1 is 1.40 bits per heavy atom. The minimum atomic E-state index is -0.351. The van der Waals surface area contributed by atoms with Crippen LogP contribution in [0, 0.1) is 5.92 Å². The van der Waals surface area contributed by atoms with Gasteiger partial charge in [0.1, 0.15) is 0 Å². The molecule has 0 spiro atoms. The largest absolute Gasteiger partial charge is 0.338 e. The van der Waals surface area contributed by atoms with Crippen LogP contribution in [0.1, 0.15) is 38.7 Å². The van der Waals surface area contributed by atoms with Gasteiger partial charge in [0, 0.05) is 12.6 Å². The number of benzene rings is 1. The lowest BCUT2D eigenvalue weighted by molar-refractivity contribution is -0.134. The van der Waals surface area contributed by atoms with Crippen LogP contribution in [0.3, 0.4) is 0 Å². The minimum Gasteiger partial charge on any atom is -0.338 e. The van der Waals surface area contributed by atoms with Crippen molar-refractivity contribution in [2.45, 2.75) is 51.6 Å². The molecule has 1 aliphatic heterocycles. The first-order chi connectivity index (χ1) is 9.63. The molecule has 3 nitrogen and oxygen atoms in total. The zero-order valence-electron chi connectivity index (χ0n) is 12.6. The number of nitrogens with two attached hydrogens (primary N) is 1. The van der Waals surface area contributed by atoms with Gasteiger partial charge in [-0.25, -0.2) is 0 Å². The molecular formula is C17H26N2O. The summed E-state index contributed by atoms with van der Waals surface area (Å²) in [6.45, 7) is 5.01. The molecule has 1 amide bonds. The first-order valence-electron chi connectivity index (χ1n) is 7.73. The molecule has 1 fully saturated rings. The summed E-state index contributed by atoms with van der Waals surface area (Å²) < 4.78 is 0. The number of hydrogen-bond donors (Lipinski definition) is 1. The van der Waals surface area contributed by atoms with Crippen molar-refractivity contribution >= 4 is 5.91 Å². The summed E-state index contributed by atoms with van der Waals surface area (Å²) in [5, 5.41) is 0. The Balaban J connectivity index is 2.02. The Morgan fingerprint density at radius 2 is 2.10 bits per heavy atom. The smallest absolute Gasteiger partial charge is 0.240 e. The van der Waals surface area contributed by atoms with Crippen molar-refractivity contribution in [1.82, 2.24) is 4.90 Å². The summed E-state index contributed by atoms with van der Waals surface area (Å²) in [4.78, 5) is 14.6. The molecule has 0 bridgehead atoms. The highest BCUT2D eigenvalue weighted by Crippen LogP contribution is 2.23. The third-order valence-electron chi connectivity index (χ3n) is 4.52. The molecule has 2 rings (SSSR count). The number of likely N-dealkylation sites (tertiary alicyclic amines) is 1. The van der Waals surface area contributed by atoms with E-state index in [1.54, 1.807) is 0 Å². The van der Waals surface area contributed by atoms with Crippen LogP contribution < -0.4 is 5.73 Å². The predicted octanol–water partition coefficient (Wildman–Crippen LogP) is 2.59. The standard InChI is InChI=1S/C17H26N2O/c1-3-13(2)16(18)17(20)19-11-7-10-15(19)12-14-8-5-4-6-9-14/h4-6,8-9,13,15-16H,3,7,10-12,18H2,1-2H3/t13?,15?,16-/m0/s1. The van der Waals surface area contributed by atoms with Gasteiger partial charge in [-0.2, -0.15) is 0 Å². The maximum absolute atomic E-state index is 12.5. The van der Waals surface area contributed by atoms with Crippen LogP contribution in [0.25, 0.3) is 0 Å². The number of amides is 1. The van der Waals surface area contributed by atoms with Crippen molar-refractivity contribution < 1.29 is 4.79 Å². The molecule has 110 valence electrons. The first kappa shape index (κ1) is 15.0. The van der Waals surface area contributed by atoms with Crippen molar-refractivity contribution in [3.8, 4) is 0 Å². The van der Waals surface area contributed by atoms with Crippen molar-refractivity contribution in [3.05, 3.63) is 35.9 Å². The molecule has 1 saturated heterocycles. The van der Waals surface area contributed by atoms with E-state index in [4.69, 9.17) is 5.73 Å². The molecule has 2 unspecified atom stereocenters. The van der Waals surface area contributed by atoms with Gasteiger partial charge < -0.3 is 10.6 Å². The van der Waals surface area contributed by atoms with E-state index in [0.717, 1.165) is 32.2 Å². The number of carbonyl (C=O) groups is 1. The van der Waals surface area contributed by atoms with Crippen LogP contribution in [0.2, 0.25) is 0 Å². The molecule has 2 N–H and O–H groups in total. The molecule has 1 aromatic carbocycles.